The Labute approximate surface area is 177 Å². The molecule has 2 rings (SSSR count). The molecule has 0 saturated carbocycles. The van der Waals surface area contributed by atoms with E-state index in [9.17, 15) is 0 Å². The van der Waals surface area contributed by atoms with Crippen LogP contribution in [-0.4, -0.2) is 31.1 Å². The smallest absolute Gasteiger partial charge is 0.191 e. The van der Waals surface area contributed by atoms with Crippen LogP contribution in [-0.2, 0) is 13.0 Å². The summed E-state index contributed by atoms with van der Waals surface area (Å²) in [5.74, 6) is 1.74. The molecule has 2 aromatic rings. The van der Waals surface area contributed by atoms with Gasteiger partial charge in [-0.2, -0.15) is 0 Å². The van der Waals surface area contributed by atoms with Crippen LogP contribution in [0.1, 0.15) is 33.6 Å². The number of nitrogens with one attached hydrogen (secondary N) is 2. The third kappa shape index (κ3) is 6.75. The first-order valence-electron chi connectivity index (χ1n) is 8.62. The number of halogens is 1. The highest BCUT2D eigenvalue weighted by molar-refractivity contribution is 14.0. The molecule has 0 aliphatic rings. The summed E-state index contributed by atoms with van der Waals surface area (Å²) in [5, 5.41) is 7.85. The standard InChI is InChI=1S/C19H28N4OS.HI/c1-6-20-19(21-10-9-18-23-14(3)15(4)25-18)22-12-16-7-8-17(24-5)13(2)11-16;/h7-8,11H,6,9-10,12H2,1-5H3,(H2,20,21,22);1H. The van der Waals surface area contributed by atoms with Gasteiger partial charge in [0.25, 0.3) is 0 Å². The van der Waals surface area contributed by atoms with Crippen molar-refractivity contribution in [3.05, 3.63) is 44.9 Å². The molecule has 0 saturated heterocycles. The molecular formula is C19H29IN4OS. The first kappa shape index (κ1) is 22.7. The van der Waals surface area contributed by atoms with Crippen LogP contribution in [0.15, 0.2) is 23.2 Å². The van der Waals surface area contributed by atoms with E-state index in [4.69, 9.17) is 4.74 Å². The van der Waals surface area contributed by atoms with Gasteiger partial charge < -0.3 is 15.4 Å². The van der Waals surface area contributed by atoms with Gasteiger partial charge in [0.05, 0.1) is 24.4 Å². The highest BCUT2D eigenvalue weighted by atomic mass is 127. The minimum absolute atomic E-state index is 0. The first-order valence-corrected chi connectivity index (χ1v) is 9.43. The monoisotopic (exact) mass is 488 g/mol. The molecule has 1 heterocycles. The van der Waals surface area contributed by atoms with Crippen LogP contribution in [0.2, 0.25) is 0 Å². The lowest BCUT2D eigenvalue weighted by Crippen LogP contribution is -2.38. The summed E-state index contributed by atoms with van der Waals surface area (Å²) in [6, 6.07) is 6.17. The lowest BCUT2D eigenvalue weighted by atomic mass is 10.1. The Kier molecular flexibility index (Phi) is 9.93. The van der Waals surface area contributed by atoms with Crippen molar-refractivity contribution < 1.29 is 4.74 Å². The second-order valence-electron chi connectivity index (χ2n) is 5.93. The van der Waals surface area contributed by atoms with E-state index >= 15 is 0 Å². The number of aryl methyl sites for hydroxylation is 3. The zero-order valence-corrected chi connectivity index (χ0v) is 19.3. The normalized spacial score (nSPS) is 11.0. The topological polar surface area (TPSA) is 58.5 Å². The van der Waals surface area contributed by atoms with E-state index in [2.05, 4.69) is 53.5 Å². The molecule has 0 aliphatic carbocycles. The molecule has 7 heteroatoms. The number of nitrogens with zero attached hydrogens (tertiary/aromatic N) is 2. The van der Waals surface area contributed by atoms with Crippen LogP contribution in [0.3, 0.4) is 0 Å². The van der Waals surface area contributed by atoms with Crippen LogP contribution < -0.4 is 15.4 Å². The maximum atomic E-state index is 5.30. The van der Waals surface area contributed by atoms with E-state index in [1.165, 1.54) is 15.4 Å². The van der Waals surface area contributed by atoms with E-state index in [1.54, 1.807) is 18.4 Å². The van der Waals surface area contributed by atoms with Gasteiger partial charge in [-0.15, -0.1) is 35.3 Å². The summed E-state index contributed by atoms with van der Waals surface area (Å²) < 4.78 is 5.30. The molecule has 0 amide bonds. The number of aliphatic imine (C=N–C) groups is 1. The summed E-state index contributed by atoms with van der Waals surface area (Å²) in [5.41, 5.74) is 3.43. The number of hydrogen-bond donors (Lipinski definition) is 2. The Hall–Kier alpha value is -1.35. The summed E-state index contributed by atoms with van der Waals surface area (Å²) >= 11 is 1.77. The highest BCUT2D eigenvalue weighted by Crippen LogP contribution is 2.19. The van der Waals surface area contributed by atoms with Gasteiger partial charge in [0.2, 0.25) is 0 Å². The molecule has 0 unspecified atom stereocenters. The molecule has 0 bridgehead atoms. The van der Waals surface area contributed by atoms with Crippen LogP contribution in [0.4, 0.5) is 0 Å². The Morgan fingerprint density at radius 2 is 2.00 bits per heavy atom. The largest absolute Gasteiger partial charge is 0.496 e. The van der Waals surface area contributed by atoms with Crippen molar-refractivity contribution >= 4 is 41.3 Å². The predicted octanol–water partition coefficient (Wildman–Crippen LogP) is 3.99. The molecular weight excluding hydrogens is 459 g/mol. The van der Waals surface area contributed by atoms with Crippen molar-refractivity contribution in [1.29, 1.82) is 0 Å². The van der Waals surface area contributed by atoms with E-state index < -0.39 is 0 Å². The number of thiazole rings is 1. The zero-order valence-electron chi connectivity index (χ0n) is 16.2. The van der Waals surface area contributed by atoms with Gasteiger partial charge in [-0.1, -0.05) is 12.1 Å². The number of rotatable bonds is 7. The van der Waals surface area contributed by atoms with Gasteiger partial charge in [0.15, 0.2) is 5.96 Å². The van der Waals surface area contributed by atoms with Crippen molar-refractivity contribution in [3.8, 4) is 5.75 Å². The second-order valence-corrected chi connectivity index (χ2v) is 7.21. The molecule has 0 spiro atoms. The molecule has 26 heavy (non-hydrogen) atoms. The fourth-order valence-corrected chi connectivity index (χ4v) is 3.42. The van der Waals surface area contributed by atoms with Crippen LogP contribution >= 0.6 is 35.3 Å². The minimum atomic E-state index is 0. The molecule has 0 radical (unpaired) electrons. The Bertz CT molecular complexity index is 711. The van der Waals surface area contributed by atoms with Gasteiger partial charge in [-0.3, -0.25) is 0 Å². The van der Waals surface area contributed by atoms with Gasteiger partial charge in [0, 0.05) is 24.4 Å². The maximum Gasteiger partial charge on any atom is 0.191 e. The van der Waals surface area contributed by atoms with E-state index in [0.29, 0.717) is 6.54 Å². The average Bonchev–Trinajstić information content (AvgIpc) is 2.90. The predicted molar refractivity (Wildman–Crippen MR) is 121 cm³/mol. The molecule has 0 atom stereocenters. The summed E-state index contributed by atoms with van der Waals surface area (Å²) in [7, 11) is 1.69. The van der Waals surface area contributed by atoms with Crippen molar-refractivity contribution in [2.45, 2.75) is 40.7 Å². The summed E-state index contributed by atoms with van der Waals surface area (Å²) in [4.78, 5) is 10.5. The van der Waals surface area contributed by atoms with Crippen molar-refractivity contribution in [1.82, 2.24) is 15.6 Å². The van der Waals surface area contributed by atoms with Crippen LogP contribution in [0.5, 0.6) is 5.75 Å². The zero-order chi connectivity index (χ0) is 18.2. The lowest BCUT2D eigenvalue weighted by Gasteiger charge is -2.11. The lowest BCUT2D eigenvalue weighted by molar-refractivity contribution is 0.411. The number of hydrogen-bond acceptors (Lipinski definition) is 4. The molecule has 0 aliphatic heterocycles. The Balaban J connectivity index is 0.00000338. The van der Waals surface area contributed by atoms with Gasteiger partial charge in [0.1, 0.15) is 5.75 Å². The van der Waals surface area contributed by atoms with E-state index in [1.807, 2.05) is 13.0 Å². The van der Waals surface area contributed by atoms with Crippen molar-refractivity contribution in [2.24, 2.45) is 4.99 Å². The Morgan fingerprint density at radius 1 is 1.23 bits per heavy atom. The second kappa shape index (κ2) is 11.4. The third-order valence-electron chi connectivity index (χ3n) is 3.93. The molecule has 1 aromatic heterocycles. The molecule has 1 aromatic carbocycles. The quantitative estimate of drug-likeness (QED) is 0.352. The fourth-order valence-electron chi connectivity index (χ4n) is 2.48. The summed E-state index contributed by atoms with van der Waals surface area (Å²) in [6.07, 6.45) is 0.908. The number of benzene rings is 1. The van der Waals surface area contributed by atoms with Crippen LogP contribution in [0.25, 0.3) is 0 Å². The molecule has 5 nitrogen and oxygen atoms in total. The summed E-state index contributed by atoms with van der Waals surface area (Å²) in [6.45, 7) is 10.6. The Morgan fingerprint density at radius 3 is 2.58 bits per heavy atom. The number of aromatic nitrogens is 1. The molecule has 0 fully saturated rings. The van der Waals surface area contributed by atoms with E-state index in [0.717, 1.165) is 42.5 Å². The number of methoxy groups -OCH3 is 1. The third-order valence-corrected chi connectivity index (χ3v) is 5.06. The first-order chi connectivity index (χ1) is 12.0. The van der Waals surface area contributed by atoms with Gasteiger partial charge in [-0.05, 0) is 44.9 Å². The van der Waals surface area contributed by atoms with Gasteiger partial charge >= 0.3 is 0 Å². The number of ether oxygens (including phenoxy) is 1. The fraction of sp³-hybridized carbons (Fsp3) is 0.474. The maximum absolute atomic E-state index is 5.30. The molecule has 144 valence electrons. The van der Waals surface area contributed by atoms with Crippen molar-refractivity contribution in [2.75, 3.05) is 20.2 Å². The highest BCUT2D eigenvalue weighted by Gasteiger charge is 2.05. The minimum Gasteiger partial charge on any atom is -0.496 e. The van der Waals surface area contributed by atoms with Gasteiger partial charge in [-0.25, -0.2) is 9.98 Å². The number of guanidine groups is 1. The average molecular weight is 488 g/mol. The molecule has 2 N–H and O–H groups in total. The van der Waals surface area contributed by atoms with Crippen LogP contribution in [0, 0.1) is 20.8 Å². The van der Waals surface area contributed by atoms with E-state index in [-0.39, 0.29) is 24.0 Å². The van der Waals surface area contributed by atoms with Crippen molar-refractivity contribution in [3.63, 3.8) is 0 Å². The SMILES string of the molecule is CCNC(=NCc1ccc(OC)c(C)c1)NCCc1nc(C)c(C)s1.I.